The number of benzene rings is 1. The van der Waals surface area contributed by atoms with E-state index in [1.807, 2.05) is 13.1 Å². The highest BCUT2D eigenvalue weighted by Crippen LogP contribution is 2.22. The summed E-state index contributed by atoms with van der Waals surface area (Å²) in [6.07, 6.45) is 2.82. The number of aromatic nitrogens is 2. The molecular weight excluding hydrogens is 207 g/mol. The van der Waals surface area contributed by atoms with Gasteiger partial charge in [-0.15, -0.1) is 0 Å². The summed E-state index contributed by atoms with van der Waals surface area (Å²) in [5.74, 6) is -0.358. The maximum absolute atomic E-state index is 13.1. The highest BCUT2D eigenvalue weighted by molar-refractivity contribution is 5.42. The molecule has 3 nitrogen and oxygen atoms in total. The molecule has 4 heteroatoms. The Morgan fingerprint density at radius 2 is 2.19 bits per heavy atom. The number of hydrogen-bond donors (Lipinski definition) is 1. The van der Waals surface area contributed by atoms with Crippen molar-refractivity contribution in [3.63, 3.8) is 0 Å². The van der Waals surface area contributed by atoms with Crippen molar-refractivity contribution in [3.05, 3.63) is 47.5 Å². The van der Waals surface area contributed by atoms with Crippen molar-refractivity contribution in [1.82, 2.24) is 9.78 Å². The second kappa shape index (κ2) is 4.06. The average molecular weight is 220 g/mol. The Bertz CT molecular complexity index is 505. The number of rotatable bonds is 2. The van der Waals surface area contributed by atoms with Crippen LogP contribution in [0.15, 0.2) is 30.6 Å². The van der Waals surface area contributed by atoms with Crippen LogP contribution in [0.1, 0.15) is 24.2 Å². The fraction of sp³-hybridized carbons (Fsp3) is 0.250. The molecule has 1 atom stereocenters. The highest BCUT2D eigenvalue weighted by atomic mass is 19.1. The first-order valence-electron chi connectivity index (χ1n) is 5.07. The summed E-state index contributed by atoms with van der Waals surface area (Å²) in [6.45, 7) is 3.53. The zero-order valence-corrected chi connectivity index (χ0v) is 9.18. The SMILES string of the molecule is Cc1cnn(-c2ccc(F)cc2[C@@H](C)O)c1. The van der Waals surface area contributed by atoms with E-state index in [1.165, 1.54) is 12.1 Å². The van der Waals surface area contributed by atoms with Crippen LogP contribution in [0.2, 0.25) is 0 Å². The van der Waals surface area contributed by atoms with Gasteiger partial charge in [0.2, 0.25) is 0 Å². The maximum atomic E-state index is 13.1. The molecule has 0 spiro atoms. The van der Waals surface area contributed by atoms with Gasteiger partial charge in [0, 0.05) is 11.8 Å². The molecule has 1 aromatic heterocycles. The van der Waals surface area contributed by atoms with Crippen molar-refractivity contribution in [2.75, 3.05) is 0 Å². The summed E-state index contributed by atoms with van der Waals surface area (Å²) in [5.41, 5.74) is 2.24. The van der Waals surface area contributed by atoms with Crippen molar-refractivity contribution < 1.29 is 9.50 Å². The Kier molecular flexibility index (Phi) is 2.75. The van der Waals surface area contributed by atoms with E-state index in [2.05, 4.69) is 5.10 Å². The van der Waals surface area contributed by atoms with E-state index in [0.29, 0.717) is 11.3 Å². The van der Waals surface area contributed by atoms with Gasteiger partial charge in [0.15, 0.2) is 0 Å². The van der Waals surface area contributed by atoms with E-state index in [1.54, 1.807) is 23.9 Å². The lowest BCUT2D eigenvalue weighted by molar-refractivity contribution is 0.198. The van der Waals surface area contributed by atoms with Crippen LogP contribution in [0.25, 0.3) is 5.69 Å². The number of aliphatic hydroxyl groups excluding tert-OH is 1. The molecule has 0 unspecified atom stereocenters. The number of halogens is 1. The highest BCUT2D eigenvalue weighted by Gasteiger charge is 2.11. The number of aliphatic hydroxyl groups is 1. The predicted octanol–water partition coefficient (Wildman–Crippen LogP) is 2.37. The molecule has 0 amide bonds. The quantitative estimate of drug-likeness (QED) is 0.843. The molecule has 2 rings (SSSR count). The van der Waals surface area contributed by atoms with Gasteiger partial charge in [-0.3, -0.25) is 0 Å². The third-order valence-electron chi connectivity index (χ3n) is 2.40. The molecule has 0 radical (unpaired) electrons. The summed E-state index contributed by atoms with van der Waals surface area (Å²) in [5, 5.41) is 13.7. The lowest BCUT2D eigenvalue weighted by Gasteiger charge is -2.11. The second-order valence-corrected chi connectivity index (χ2v) is 3.84. The Morgan fingerprint density at radius 1 is 1.44 bits per heavy atom. The molecule has 2 aromatic rings. The molecule has 16 heavy (non-hydrogen) atoms. The van der Waals surface area contributed by atoms with E-state index in [4.69, 9.17) is 0 Å². The van der Waals surface area contributed by atoms with Crippen LogP contribution >= 0.6 is 0 Å². The average Bonchev–Trinajstić information content (AvgIpc) is 2.64. The predicted molar refractivity (Wildman–Crippen MR) is 58.9 cm³/mol. The van der Waals surface area contributed by atoms with Gasteiger partial charge in [0.25, 0.3) is 0 Å². The van der Waals surface area contributed by atoms with Crippen LogP contribution in [0, 0.1) is 12.7 Å². The van der Waals surface area contributed by atoms with Crippen molar-refractivity contribution in [3.8, 4) is 5.69 Å². The zero-order valence-electron chi connectivity index (χ0n) is 9.18. The molecule has 0 saturated heterocycles. The van der Waals surface area contributed by atoms with Gasteiger partial charge >= 0.3 is 0 Å². The van der Waals surface area contributed by atoms with Gasteiger partial charge in [-0.2, -0.15) is 5.10 Å². The van der Waals surface area contributed by atoms with Crippen molar-refractivity contribution in [1.29, 1.82) is 0 Å². The summed E-state index contributed by atoms with van der Waals surface area (Å²) in [6, 6.07) is 4.30. The Labute approximate surface area is 93.2 Å². The molecule has 0 aliphatic rings. The Morgan fingerprint density at radius 3 is 2.75 bits per heavy atom. The van der Waals surface area contributed by atoms with Crippen LogP contribution in [-0.4, -0.2) is 14.9 Å². The third kappa shape index (κ3) is 1.97. The van der Waals surface area contributed by atoms with E-state index < -0.39 is 6.10 Å². The van der Waals surface area contributed by atoms with Crippen molar-refractivity contribution >= 4 is 0 Å². The summed E-state index contributed by atoms with van der Waals surface area (Å²) in [7, 11) is 0. The number of nitrogens with zero attached hydrogens (tertiary/aromatic N) is 2. The van der Waals surface area contributed by atoms with E-state index in [-0.39, 0.29) is 5.82 Å². The van der Waals surface area contributed by atoms with Crippen LogP contribution < -0.4 is 0 Å². The van der Waals surface area contributed by atoms with Crippen molar-refractivity contribution in [2.24, 2.45) is 0 Å². The van der Waals surface area contributed by atoms with Gasteiger partial charge in [-0.25, -0.2) is 9.07 Å². The minimum absolute atomic E-state index is 0.358. The van der Waals surface area contributed by atoms with E-state index in [0.717, 1.165) is 5.56 Å². The lowest BCUT2D eigenvalue weighted by atomic mass is 10.1. The minimum atomic E-state index is -0.727. The molecule has 1 N–H and O–H groups in total. The summed E-state index contributed by atoms with van der Waals surface area (Å²) in [4.78, 5) is 0. The summed E-state index contributed by atoms with van der Waals surface area (Å²) >= 11 is 0. The molecule has 0 fully saturated rings. The van der Waals surface area contributed by atoms with Crippen molar-refractivity contribution in [2.45, 2.75) is 20.0 Å². The number of hydrogen-bond acceptors (Lipinski definition) is 2. The molecule has 1 heterocycles. The molecule has 1 aromatic carbocycles. The smallest absolute Gasteiger partial charge is 0.123 e. The molecular formula is C12H13FN2O. The topological polar surface area (TPSA) is 38.0 Å². The largest absolute Gasteiger partial charge is 0.389 e. The second-order valence-electron chi connectivity index (χ2n) is 3.84. The Balaban J connectivity index is 2.56. The normalized spacial score (nSPS) is 12.8. The maximum Gasteiger partial charge on any atom is 0.123 e. The fourth-order valence-corrected chi connectivity index (χ4v) is 1.61. The molecule has 0 bridgehead atoms. The molecule has 0 saturated carbocycles. The van der Waals surface area contributed by atoms with Crippen LogP contribution in [0.3, 0.4) is 0 Å². The minimum Gasteiger partial charge on any atom is -0.389 e. The van der Waals surface area contributed by atoms with Gasteiger partial charge in [-0.05, 0) is 37.6 Å². The van der Waals surface area contributed by atoms with Gasteiger partial charge in [0.05, 0.1) is 18.0 Å². The molecule has 84 valence electrons. The fourth-order valence-electron chi connectivity index (χ4n) is 1.61. The molecule has 0 aliphatic heterocycles. The van der Waals surface area contributed by atoms with Gasteiger partial charge in [0.1, 0.15) is 5.82 Å². The first kappa shape index (κ1) is 10.8. The third-order valence-corrected chi connectivity index (χ3v) is 2.40. The van der Waals surface area contributed by atoms with Crippen LogP contribution in [0.4, 0.5) is 4.39 Å². The van der Waals surface area contributed by atoms with E-state index in [9.17, 15) is 9.50 Å². The van der Waals surface area contributed by atoms with Crippen LogP contribution in [0.5, 0.6) is 0 Å². The monoisotopic (exact) mass is 220 g/mol. The molecule has 0 aliphatic carbocycles. The number of aryl methyl sites for hydroxylation is 1. The first-order chi connectivity index (χ1) is 7.58. The Hall–Kier alpha value is -1.68. The first-order valence-corrected chi connectivity index (χ1v) is 5.07. The van der Waals surface area contributed by atoms with E-state index >= 15 is 0 Å². The van der Waals surface area contributed by atoms with Crippen LogP contribution in [-0.2, 0) is 0 Å². The van der Waals surface area contributed by atoms with Gasteiger partial charge < -0.3 is 5.11 Å². The summed E-state index contributed by atoms with van der Waals surface area (Å²) < 4.78 is 14.7. The lowest BCUT2D eigenvalue weighted by Crippen LogP contribution is -2.03. The zero-order chi connectivity index (χ0) is 11.7. The standard InChI is InChI=1S/C12H13FN2O/c1-8-6-14-15(7-8)12-4-3-10(13)5-11(12)9(2)16/h3-7,9,16H,1-2H3/t9-/m1/s1. The van der Waals surface area contributed by atoms with Gasteiger partial charge in [-0.1, -0.05) is 0 Å².